The van der Waals surface area contributed by atoms with Crippen molar-refractivity contribution in [1.82, 2.24) is 4.90 Å². The molecule has 5 heteroatoms. The fourth-order valence-electron chi connectivity index (χ4n) is 2.63. The maximum Gasteiger partial charge on any atom is 0.241 e. The summed E-state index contributed by atoms with van der Waals surface area (Å²) in [5.41, 5.74) is 5.77. The number of halogens is 1. The Labute approximate surface area is 117 Å². The Bertz CT molecular complexity index is 243. The summed E-state index contributed by atoms with van der Waals surface area (Å²) in [7, 11) is 3.44. The molecule has 4 nitrogen and oxygen atoms in total. The molecule has 2 N–H and O–H groups in total. The van der Waals surface area contributed by atoms with Gasteiger partial charge in [0.2, 0.25) is 5.91 Å². The minimum atomic E-state index is -0.520. The maximum atomic E-state index is 12.0. The van der Waals surface area contributed by atoms with Crippen LogP contribution in [-0.2, 0) is 9.53 Å². The Balaban J connectivity index is 0.00000289. The van der Waals surface area contributed by atoms with Gasteiger partial charge in [0.05, 0.1) is 6.61 Å². The Kier molecular flexibility index (Phi) is 8.57. The first-order valence-electron chi connectivity index (χ1n) is 6.61. The largest absolute Gasteiger partial charge is 0.383 e. The van der Waals surface area contributed by atoms with Crippen LogP contribution in [0.2, 0.25) is 0 Å². The quantitative estimate of drug-likeness (QED) is 0.834. The number of ether oxygens (including phenoxy) is 1. The lowest BCUT2D eigenvalue weighted by atomic mass is 9.84. The van der Waals surface area contributed by atoms with E-state index in [-0.39, 0.29) is 18.3 Å². The topological polar surface area (TPSA) is 55.6 Å². The van der Waals surface area contributed by atoms with Gasteiger partial charge in [-0.2, -0.15) is 0 Å². The molecular formula is C13H27ClN2O2. The molecule has 1 atom stereocenters. The van der Waals surface area contributed by atoms with Crippen LogP contribution in [0.25, 0.3) is 0 Å². The van der Waals surface area contributed by atoms with Gasteiger partial charge in [-0.05, 0) is 31.6 Å². The van der Waals surface area contributed by atoms with Gasteiger partial charge in [0.25, 0.3) is 0 Å². The fourth-order valence-corrected chi connectivity index (χ4v) is 2.63. The SMILES string of the molecule is CCC1CCC(N(C)C(=O)C(N)COC)CC1.Cl. The first-order chi connectivity index (χ1) is 8.10. The van der Waals surface area contributed by atoms with Crippen LogP contribution in [0, 0.1) is 5.92 Å². The van der Waals surface area contributed by atoms with Crippen LogP contribution in [0.5, 0.6) is 0 Å². The van der Waals surface area contributed by atoms with E-state index in [0.29, 0.717) is 12.6 Å². The molecule has 1 saturated carbocycles. The van der Waals surface area contributed by atoms with Gasteiger partial charge in [-0.15, -0.1) is 12.4 Å². The lowest BCUT2D eigenvalue weighted by Gasteiger charge is -2.35. The third kappa shape index (κ3) is 4.75. The summed E-state index contributed by atoms with van der Waals surface area (Å²) in [6, 6.07) is -0.151. The van der Waals surface area contributed by atoms with E-state index < -0.39 is 6.04 Å². The lowest BCUT2D eigenvalue weighted by Crippen LogP contribution is -2.49. The highest BCUT2D eigenvalue weighted by Crippen LogP contribution is 2.29. The maximum absolute atomic E-state index is 12.0. The standard InChI is InChI=1S/C13H26N2O2.ClH/c1-4-10-5-7-11(8-6-10)15(2)13(16)12(14)9-17-3;/h10-12H,4-9,14H2,1-3H3;1H. The number of carbonyl (C=O) groups excluding carboxylic acids is 1. The van der Waals surface area contributed by atoms with Gasteiger partial charge in [-0.1, -0.05) is 13.3 Å². The molecule has 0 bridgehead atoms. The van der Waals surface area contributed by atoms with E-state index in [9.17, 15) is 4.79 Å². The van der Waals surface area contributed by atoms with Gasteiger partial charge < -0.3 is 15.4 Å². The number of nitrogens with two attached hydrogens (primary N) is 1. The molecule has 1 rings (SSSR count). The average Bonchev–Trinajstić information content (AvgIpc) is 2.37. The van der Waals surface area contributed by atoms with Crippen molar-refractivity contribution in [2.24, 2.45) is 11.7 Å². The number of amides is 1. The van der Waals surface area contributed by atoms with Crippen LogP contribution in [0.3, 0.4) is 0 Å². The molecule has 1 fully saturated rings. The Morgan fingerprint density at radius 3 is 2.39 bits per heavy atom. The summed E-state index contributed by atoms with van der Waals surface area (Å²) in [6.07, 6.45) is 5.95. The van der Waals surface area contributed by atoms with Crippen molar-refractivity contribution >= 4 is 18.3 Å². The zero-order valence-electron chi connectivity index (χ0n) is 11.7. The summed E-state index contributed by atoms with van der Waals surface area (Å²) >= 11 is 0. The minimum absolute atomic E-state index is 0. The number of likely N-dealkylation sites (N-methyl/N-ethyl adjacent to an activating group) is 1. The number of carbonyl (C=O) groups is 1. The van der Waals surface area contributed by atoms with Gasteiger partial charge >= 0.3 is 0 Å². The molecule has 0 aromatic rings. The van der Waals surface area contributed by atoms with Crippen LogP contribution in [0.1, 0.15) is 39.0 Å². The van der Waals surface area contributed by atoms with E-state index in [1.165, 1.54) is 19.3 Å². The number of methoxy groups -OCH3 is 1. The lowest BCUT2D eigenvalue weighted by molar-refractivity contribution is -0.135. The Morgan fingerprint density at radius 1 is 1.39 bits per heavy atom. The van der Waals surface area contributed by atoms with Crippen molar-refractivity contribution in [2.45, 2.75) is 51.1 Å². The van der Waals surface area contributed by atoms with Gasteiger partial charge in [0, 0.05) is 20.2 Å². The number of nitrogens with zero attached hydrogens (tertiary/aromatic N) is 1. The number of hydrogen-bond donors (Lipinski definition) is 1. The summed E-state index contributed by atoms with van der Waals surface area (Å²) in [5.74, 6) is 0.856. The normalized spacial score (nSPS) is 25.1. The van der Waals surface area contributed by atoms with Crippen LogP contribution in [-0.4, -0.2) is 43.7 Å². The summed E-state index contributed by atoms with van der Waals surface area (Å²) in [5, 5.41) is 0. The van der Waals surface area contributed by atoms with Gasteiger partial charge in [0.15, 0.2) is 0 Å². The highest BCUT2D eigenvalue weighted by atomic mass is 35.5. The molecule has 1 aliphatic carbocycles. The van der Waals surface area contributed by atoms with Gasteiger partial charge in [0.1, 0.15) is 6.04 Å². The first kappa shape index (κ1) is 17.7. The molecule has 0 aromatic carbocycles. The number of rotatable bonds is 5. The average molecular weight is 279 g/mol. The molecule has 1 amide bonds. The molecule has 108 valence electrons. The minimum Gasteiger partial charge on any atom is -0.383 e. The molecule has 0 aromatic heterocycles. The predicted molar refractivity (Wildman–Crippen MR) is 75.9 cm³/mol. The second kappa shape index (κ2) is 8.73. The highest BCUT2D eigenvalue weighted by Gasteiger charge is 2.28. The van der Waals surface area contributed by atoms with Crippen molar-refractivity contribution < 1.29 is 9.53 Å². The smallest absolute Gasteiger partial charge is 0.241 e. The van der Waals surface area contributed by atoms with Gasteiger partial charge in [-0.25, -0.2) is 0 Å². The highest BCUT2D eigenvalue weighted by molar-refractivity contribution is 5.85. The molecule has 1 aliphatic rings. The molecular weight excluding hydrogens is 252 g/mol. The van der Waals surface area contributed by atoms with E-state index in [1.54, 1.807) is 7.11 Å². The van der Waals surface area contributed by atoms with Crippen molar-refractivity contribution in [3.8, 4) is 0 Å². The molecule has 0 spiro atoms. The molecule has 0 aliphatic heterocycles. The van der Waals surface area contributed by atoms with Crippen LogP contribution in [0.15, 0.2) is 0 Å². The molecule has 1 unspecified atom stereocenters. The Morgan fingerprint density at radius 2 is 1.94 bits per heavy atom. The first-order valence-corrected chi connectivity index (χ1v) is 6.61. The van der Waals surface area contributed by atoms with E-state index >= 15 is 0 Å². The predicted octanol–water partition coefficient (Wildman–Crippen LogP) is 1.81. The molecule has 0 radical (unpaired) electrons. The second-order valence-corrected chi connectivity index (χ2v) is 5.09. The molecule has 0 saturated heterocycles. The fraction of sp³-hybridized carbons (Fsp3) is 0.923. The third-order valence-corrected chi connectivity index (χ3v) is 3.95. The van der Waals surface area contributed by atoms with E-state index in [0.717, 1.165) is 18.8 Å². The second-order valence-electron chi connectivity index (χ2n) is 5.09. The number of hydrogen-bond acceptors (Lipinski definition) is 3. The van der Waals surface area contributed by atoms with E-state index in [4.69, 9.17) is 10.5 Å². The zero-order chi connectivity index (χ0) is 12.8. The van der Waals surface area contributed by atoms with Crippen LogP contribution >= 0.6 is 12.4 Å². The van der Waals surface area contributed by atoms with Crippen molar-refractivity contribution in [3.05, 3.63) is 0 Å². The molecule has 0 heterocycles. The molecule has 18 heavy (non-hydrogen) atoms. The van der Waals surface area contributed by atoms with Crippen molar-refractivity contribution in [3.63, 3.8) is 0 Å². The monoisotopic (exact) mass is 278 g/mol. The van der Waals surface area contributed by atoms with Crippen molar-refractivity contribution in [2.75, 3.05) is 20.8 Å². The summed E-state index contributed by atoms with van der Waals surface area (Å²) < 4.78 is 4.92. The summed E-state index contributed by atoms with van der Waals surface area (Å²) in [6.45, 7) is 2.54. The van der Waals surface area contributed by atoms with Gasteiger partial charge in [-0.3, -0.25) is 4.79 Å². The van der Waals surface area contributed by atoms with E-state index in [1.807, 2.05) is 11.9 Å². The third-order valence-electron chi connectivity index (χ3n) is 3.95. The van der Waals surface area contributed by atoms with Crippen molar-refractivity contribution in [1.29, 1.82) is 0 Å². The Hall–Kier alpha value is -0.320. The summed E-state index contributed by atoms with van der Waals surface area (Å²) in [4.78, 5) is 13.8. The van der Waals surface area contributed by atoms with E-state index in [2.05, 4.69) is 6.92 Å². The van der Waals surface area contributed by atoms with Crippen LogP contribution in [0.4, 0.5) is 0 Å². The van der Waals surface area contributed by atoms with Crippen LogP contribution < -0.4 is 5.73 Å². The zero-order valence-corrected chi connectivity index (χ0v) is 12.5.